The molecule has 1 fully saturated rings. The Morgan fingerprint density at radius 2 is 1.83 bits per heavy atom. The van der Waals surface area contributed by atoms with Gasteiger partial charge in [-0.05, 0) is 46.7 Å². The highest BCUT2D eigenvalue weighted by atomic mass is 127. The number of nitrogens with zero attached hydrogens (tertiary/aromatic N) is 2. The maximum Gasteiger partial charge on any atom is 0.210 e. The number of sulfonamides is 1. The highest BCUT2D eigenvalue weighted by Crippen LogP contribution is 2.20. The zero-order valence-electron chi connectivity index (χ0n) is 14.5. The van der Waals surface area contributed by atoms with Crippen LogP contribution in [0.1, 0.15) is 40.0 Å². The van der Waals surface area contributed by atoms with E-state index in [9.17, 15) is 8.42 Å². The van der Waals surface area contributed by atoms with Crippen LogP contribution in [0.3, 0.4) is 0 Å². The van der Waals surface area contributed by atoms with Crippen molar-refractivity contribution in [3.05, 3.63) is 0 Å². The molecule has 1 saturated heterocycles. The van der Waals surface area contributed by atoms with Gasteiger partial charge in [-0.1, -0.05) is 6.42 Å². The zero-order valence-corrected chi connectivity index (χ0v) is 17.6. The van der Waals surface area contributed by atoms with Gasteiger partial charge in [0.05, 0.1) is 12.3 Å². The van der Waals surface area contributed by atoms with Crippen LogP contribution in [0.25, 0.3) is 0 Å². The van der Waals surface area contributed by atoms with Crippen molar-refractivity contribution >= 4 is 40.0 Å². The Balaban J connectivity index is 0.00000484. The summed E-state index contributed by atoms with van der Waals surface area (Å²) in [5, 5.41) is 11.1. The minimum atomic E-state index is -3.45. The molecule has 1 aliphatic heterocycles. The molecule has 0 radical (unpaired) electrons. The summed E-state index contributed by atoms with van der Waals surface area (Å²) < 4.78 is 21.9. The molecule has 1 heterocycles. The average Bonchev–Trinajstić information content (AvgIpc) is 2.44. The van der Waals surface area contributed by atoms with Gasteiger partial charge in [-0.2, -0.15) is 0 Å². The van der Waals surface area contributed by atoms with E-state index in [4.69, 9.17) is 5.14 Å². The fraction of sp³-hybridized carbons (Fsp3) is 0.929. The number of guanidine groups is 1. The van der Waals surface area contributed by atoms with Gasteiger partial charge >= 0.3 is 0 Å². The number of hydrogen-bond acceptors (Lipinski definition) is 4. The van der Waals surface area contributed by atoms with E-state index >= 15 is 0 Å². The summed E-state index contributed by atoms with van der Waals surface area (Å²) in [5.74, 6) is 0.531. The van der Waals surface area contributed by atoms with Gasteiger partial charge in [0.15, 0.2) is 5.96 Å². The van der Waals surface area contributed by atoms with Gasteiger partial charge in [-0.15, -0.1) is 24.0 Å². The first-order valence-electron chi connectivity index (χ1n) is 8.02. The van der Waals surface area contributed by atoms with Gasteiger partial charge in [0.2, 0.25) is 10.0 Å². The summed E-state index contributed by atoms with van der Waals surface area (Å²) in [6, 6.07) is 0. The molecule has 0 aliphatic carbocycles. The monoisotopic (exact) mass is 461 g/mol. The molecule has 0 spiro atoms. The van der Waals surface area contributed by atoms with Gasteiger partial charge in [0.1, 0.15) is 0 Å². The van der Waals surface area contributed by atoms with E-state index in [1.807, 2.05) is 6.92 Å². The summed E-state index contributed by atoms with van der Waals surface area (Å²) in [7, 11) is -3.45. The third-order valence-electron chi connectivity index (χ3n) is 3.86. The number of likely N-dealkylation sites (tertiary alicyclic amines) is 1. The van der Waals surface area contributed by atoms with E-state index in [-0.39, 0.29) is 41.8 Å². The van der Waals surface area contributed by atoms with Crippen molar-refractivity contribution in [3.8, 4) is 0 Å². The largest absolute Gasteiger partial charge is 0.357 e. The Hall–Kier alpha value is -0.130. The summed E-state index contributed by atoms with van der Waals surface area (Å²) in [5.41, 5.74) is 0.00269. The standard InChI is InChI=1S/C14H31N5O2S.HI/c1-4-16-13(17-8-11-22(15,20)21)18-12-14(2,3)19-9-6-5-7-10-19;/h4-12H2,1-3H3,(H2,15,20,21)(H2,16,17,18);1H. The maximum atomic E-state index is 11.0. The summed E-state index contributed by atoms with van der Waals surface area (Å²) in [6.07, 6.45) is 3.81. The molecule has 1 rings (SSSR count). The van der Waals surface area contributed by atoms with Crippen LogP contribution < -0.4 is 15.8 Å². The number of primary sulfonamides is 1. The normalized spacial score (nSPS) is 17.5. The fourth-order valence-corrected chi connectivity index (χ4v) is 2.91. The van der Waals surface area contributed by atoms with Gasteiger partial charge in [0, 0.05) is 18.6 Å². The lowest BCUT2D eigenvalue weighted by Gasteiger charge is -2.40. The number of rotatable bonds is 7. The fourth-order valence-electron chi connectivity index (χ4n) is 2.53. The topological polar surface area (TPSA) is 99.8 Å². The van der Waals surface area contributed by atoms with E-state index in [1.165, 1.54) is 19.3 Å². The van der Waals surface area contributed by atoms with Gasteiger partial charge in [-0.3, -0.25) is 9.89 Å². The van der Waals surface area contributed by atoms with Crippen molar-refractivity contribution < 1.29 is 8.42 Å². The molecule has 0 bridgehead atoms. The first-order chi connectivity index (χ1) is 10.2. The first-order valence-corrected chi connectivity index (χ1v) is 9.74. The minimum absolute atomic E-state index is 0. The smallest absolute Gasteiger partial charge is 0.210 e. The Bertz CT molecular complexity index is 462. The van der Waals surface area contributed by atoms with Crippen LogP contribution in [-0.4, -0.2) is 63.3 Å². The highest BCUT2D eigenvalue weighted by Gasteiger charge is 2.27. The second kappa shape index (κ2) is 10.7. The van der Waals surface area contributed by atoms with Crippen LogP contribution >= 0.6 is 24.0 Å². The van der Waals surface area contributed by atoms with E-state index in [2.05, 4.69) is 34.4 Å². The predicted octanol–water partition coefficient (Wildman–Crippen LogP) is 0.713. The Morgan fingerprint density at radius 3 is 2.35 bits per heavy atom. The van der Waals surface area contributed by atoms with E-state index in [0.29, 0.717) is 12.5 Å². The highest BCUT2D eigenvalue weighted by molar-refractivity contribution is 14.0. The van der Waals surface area contributed by atoms with Gasteiger partial charge < -0.3 is 10.6 Å². The van der Waals surface area contributed by atoms with Crippen molar-refractivity contribution in [2.75, 3.05) is 38.5 Å². The third kappa shape index (κ3) is 9.68. The molecule has 9 heteroatoms. The molecule has 23 heavy (non-hydrogen) atoms. The van der Waals surface area contributed by atoms with Crippen LogP contribution in [-0.2, 0) is 10.0 Å². The molecular weight excluding hydrogens is 429 g/mol. The lowest BCUT2D eigenvalue weighted by atomic mass is 9.99. The molecular formula is C14H32IN5O2S. The first kappa shape index (κ1) is 22.9. The number of halogens is 1. The van der Waals surface area contributed by atoms with E-state index in [1.54, 1.807) is 0 Å². The van der Waals surface area contributed by atoms with E-state index in [0.717, 1.165) is 19.6 Å². The Labute approximate surface area is 157 Å². The molecule has 7 nitrogen and oxygen atoms in total. The molecule has 0 amide bonds. The van der Waals surface area contributed by atoms with Crippen molar-refractivity contribution in [3.63, 3.8) is 0 Å². The molecule has 0 atom stereocenters. The van der Waals surface area contributed by atoms with Gasteiger partial charge in [-0.25, -0.2) is 13.6 Å². The minimum Gasteiger partial charge on any atom is -0.357 e. The van der Waals surface area contributed by atoms with E-state index < -0.39 is 10.0 Å². The lowest BCUT2D eigenvalue weighted by molar-refractivity contribution is 0.102. The Kier molecular flexibility index (Phi) is 10.6. The number of hydrogen-bond donors (Lipinski definition) is 3. The molecule has 0 aromatic carbocycles. The second-order valence-electron chi connectivity index (χ2n) is 6.35. The number of piperidine rings is 1. The molecule has 1 aliphatic rings. The summed E-state index contributed by atoms with van der Waals surface area (Å²) >= 11 is 0. The van der Waals surface area contributed by atoms with Crippen molar-refractivity contribution in [1.82, 2.24) is 15.5 Å². The summed E-state index contributed by atoms with van der Waals surface area (Å²) in [4.78, 5) is 7.08. The zero-order chi connectivity index (χ0) is 16.6. The van der Waals surface area contributed by atoms with Crippen molar-refractivity contribution in [2.24, 2.45) is 10.1 Å². The van der Waals surface area contributed by atoms with Crippen LogP contribution in [0.5, 0.6) is 0 Å². The summed E-state index contributed by atoms with van der Waals surface area (Å²) in [6.45, 7) is 10.3. The molecule has 0 saturated carbocycles. The number of aliphatic imine (C=N–C) groups is 1. The van der Waals surface area contributed by atoms with Crippen LogP contribution in [0, 0.1) is 0 Å². The molecule has 0 aromatic rings. The van der Waals surface area contributed by atoms with Gasteiger partial charge in [0.25, 0.3) is 0 Å². The number of nitrogens with two attached hydrogens (primary N) is 1. The SMILES string of the molecule is CCNC(=NCC(C)(C)N1CCCCC1)NCCS(N)(=O)=O.I. The predicted molar refractivity (Wildman–Crippen MR) is 107 cm³/mol. The maximum absolute atomic E-state index is 11.0. The lowest BCUT2D eigenvalue weighted by Crippen LogP contribution is -2.49. The number of nitrogens with one attached hydrogen (secondary N) is 2. The van der Waals surface area contributed by atoms with Crippen LogP contribution in [0.2, 0.25) is 0 Å². The quantitative estimate of drug-likeness (QED) is 0.295. The molecule has 0 unspecified atom stereocenters. The van der Waals surface area contributed by atoms with Crippen LogP contribution in [0.4, 0.5) is 0 Å². The Morgan fingerprint density at radius 1 is 1.22 bits per heavy atom. The third-order valence-corrected chi connectivity index (χ3v) is 4.63. The van der Waals surface area contributed by atoms with Crippen LogP contribution in [0.15, 0.2) is 4.99 Å². The molecule has 0 aromatic heterocycles. The second-order valence-corrected chi connectivity index (χ2v) is 8.08. The average molecular weight is 461 g/mol. The van der Waals surface area contributed by atoms with Crippen molar-refractivity contribution in [2.45, 2.75) is 45.6 Å². The molecule has 4 N–H and O–H groups in total. The molecule has 138 valence electrons. The van der Waals surface area contributed by atoms with Crippen molar-refractivity contribution in [1.29, 1.82) is 0 Å².